The summed E-state index contributed by atoms with van der Waals surface area (Å²) in [5.74, 6) is 1.79. The normalized spacial score (nSPS) is 14.1. The molecule has 1 aliphatic rings. The number of benzene rings is 1. The van der Waals surface area contributed by atoms with Crippen molar-refractivity contribution < 1.29 is 4.79 Å². The Morgan fingerprint density at radius 1 is 1.45 bits per heavy atom. The quantitative estimate of drug-likeness (QED) is 0.850. The zero-order valence-electron chi connectivity index (χ0n) is 12.5. The van der Waals surface area contributed by atoms with Crippen LogP contribution in [-0.4, -0.2) is 26.4 Å². The summed E-state index contributed by atoms with van der Waals surface area (Å²) in [7, 11) is 1.95. The minimum absolute atomic E-state index is 0.0775. The molecule has 0 atom stereocenters. The standard InChI is InChI=1S/C15H17ClN4OS/c1-9-3-6-11(16)7-12(9)17-13(21)8-22-15-19-18-14(20(15)2)10-4-5-10/h3,6-7,10H,4-5,8H2,1-2H3,(H,17,21). The molecule has 1 aromatic heterocycles. The van der Waals surface area contributed by atoms with Crippen LogP contribution < -0.4 is 5.32 Å². The molecular weight excluding hydrogens is 320 g/mol. The van der Waals surface area contributed by atoms with Crippen molar-refractivity contribution in [3.8, 4) is 0 Å². The highest BCUT2D eigenvalue weighted by molar-refractivity contribution is 7.99. The van der Waals surface area contributed by atoms with E-state index in [0.717, 1.165) is 22.2 Å². The van der Waals surface area contributed by atoms with E-state index in [2.05, 4.69) is 15.5 Å². The Kier molecular flexibility index (Phi) is 4.40. The first-order valence-electron chi connectivity index (χ1n) is 7.12. The first-order valence-corrected chi connectivity index (χ1v) is 8.49. The average Bonchev–Trinajstić information content (AvgIpc) is 3.25. The fraction of sp³-hybridized carbons (Fsp3) is 0.400. The predicted octanol–water partition coefficient (Wildman–Crippen LogP) is 3.39. The van der Waals surface area contributed by atoms with Gasteiger partial charge in [0.15, 0.2) is 5.16 Å². The molecule has 7 heteroatoms. The Hall–Kier alpha value is -1.53. The summed E-state index contributed by atoms with van der Waals surface area (Å²) >= 11 is 7.35. The molecule has 1 aromatic carbocycles. The maximum absolute atomic E-state index is 12.1. The number of hydrogen-bond donors (Lipinski definition) is 1. The van der Waals surface area contributed by atoms with Gasteiger partial charge in [-0.15, -0.1) is 10.2 Å². The van der Waals surface area contributed by atoms with E-state index in [9.17, 15) is 4.79 Å². The summed E-state index contributed by atoms with van der Waals surface area (Å²) in [6, 6.07) is 5.45. The van der Waals surface area contributed by atoms with Gasteiger partial charge >= 0.3 is 0 Å². The molecule has 1 amide bonds. The van der Waals surface area contributed by atoms with E-state index in [4.69, 9.17) is 11.6 Å². The van der Waals surface area contributed by atoms with Crippen molar-refractivity contribution in [2.75, 3.05) is 11.1 Å². The van der Waals surface area contributed by atoms with Gasteiger partial charge in [-0.05, 0) is 37.5 Å². The number of nitrogens with one attached hydrogen (secondary N) is 1. The van der Waals surface area contributed by atoms with Crippen LogP contribution in [0.3, 0.4) is 0 Å². The minimum Gasteiger partial charge on any atom is -0.325 e. The van der Waals surface area contributed by atoms with Crippen molar-refractivity contribution in [1.82, 2.24) is 14.8 Å². The molecule has 3 rings (SSSR count). The maximum Gasteiger partial charge on any atom is 0.234 e. The summed E-state index contributed by atoms with van der Waals surface area (Å²) < 4.78 is 1.99. The second kappa shape index (κ2) is 6.30. The summed E-state index contributed by atoms with van der Waals surface area (Å²) in [5.41, 5.74) is 1.73. The molecule has 0 bridgehead atoms. The average molecular weight is 337 g/mol. The lowest BCUT2D eigenvalue weighted by atomic mass is 10.2. The number of aromatic nitrogens is 3. The van der Waals surface area contributed by atoms with Crippen LogP contribution >= 0.6 is 23.4 Å². The number of aryl methyl sites for hydroxylation is 1. The van der Waals surface area contributed by atoms with Gasteiger partial charge in [0, 0.05) is 23.7 Å². The first kappa shape index (κ1) is 15.4. The van der Waals surface area contributed by atoms with E-state index < -0.39 is 0 Å². The van der Waals surface area contributed by atoms with Gasteiger partial charge in [0.2, 0.25) is 5.91 Å². The number of hydrogen-bond acceptors (Lipinski definition) is 4. The van der Waals surface area contributed by atoms with Gasteiger partial charge in [-0.25, -0.2) is 0 Å². The highest BCUT2D eigenvalue weighted by Crippen LogP contribution is 2.39. The summed E-state index contributed by atoms with van der Waals surface area (Å²) in [5, 5.41) is 12.6. The second-order valence-corrected chi connectivity index (χ2v) is 6.85. The fourth-order valence-corrected chi connectivity index (χ4v) is 3.08. The fourth-order valence-electron chi connectivity index (χ4n) is 2.19. The van der Waals surface area contributed by atoms with Crippen LogP contribution in [0.25, 0.3) is 0 Å². The zero-order valence-corrected chi connectivity index (χ0v) is 14.0. The minimum atomic E-state index is -0.0775. The highest BCUT2D eigenvalue weighted by Gasteiger charge is 2.29. The van der Waals surface area contributed by atoms with Gasteiger partial charge in [0.25, 0.3) is 0 Å². The maximum atomic E-state index is 12.1. The molecule has 116 valence electrons. The predicted molar refractivity (Wildman–Crippen MR) is 88.5 cm³/mol. The summed E-state index contributed by atoms with van der Waals surface area (Å²) in [6.07, 6.45) is 2.37. The number of halogens is 1. The van der Waals surface area contributed by atoms with Crippen LogP contribution in [0.1, 0.15) is 30.1 Å². The molecule has 1 fully saturated rings. The van der Waals surface area contributed by atoms with E-state index in [0.29, 0.717) is 16.7 Å². The Balaban J connectivity index is 1.59. The van der Waals surface area contributed by atoms with Gasteiger partial charge in [0.05, 0.1) is 5.75 Å². The van der Waals surface area contributed by atoms with Crippen LogP contribution in [0.2, 0.25) is 5.02 Å². The van der Waals surface area contributed by atoms with E-state index in [1.807, 2.05) is 24.6 Å². The third-order valence-electron chi connectivity index (χ3n) is 3.62. The summed E-state index contributed by atoms with van der Waals surface area (Å²) in [4.78, 5) is 12.1. The van der Waals surface area contributed by atoms with Crippen molar-refractivity contribution in [1.29, 1.82) is 0 Å². The van der Waals surface area contributed by atoms with Crippen molar-refractivity contribution in [2.45, 2.75) is 30.8 Å². The molecular formula is C15H17ClN4OS. The third kappa shape index (κ3) is 3.44. The molecule has 0 spiro atoms. The largest absolute Gasteiger partial charge is 0.325 e. The van der Waals surface area contributed by atoms with Crippen molar-refractivity contribution in [2.24, 2.45) is 7.05 Å². The molecule has 1 aliphatic carbocycles. The lowest BCUT2D eigenvalue weighted by Crippen LogP contribution is -2.15. The van der Waals surface area contributed by atoms with E-state index in [1.165, 1.54) is 24.6 Å². The Morgan fingerprint density at radius 2 is 2.23 bits per heavy atom. The number of carbonyl (C=O) groups is 1. The summed E-state index contributed by atoms with van der Waals surface area (Å²) in [6.45, 7) is 1.93. The molecule has 5 nitrogen and oxygen atoms in total. The van der Waals surface area contributed by atoms with Crippen LogP contribution in [0.4, 0.5) is 5.69 Å². The van der Waals surface area contributed by atoms with Gasteiger partial charge in [-0.3, -0.25) is 4.79 Å². The molecule has 2 aromatic rings. The van der Waals surface area contributed by atoms with Crippen molar-refractivity contribution in [3.63, 3.8) is 0 Å². The molecule has 1 heterocycles. The number of rotatable bonds is 5. The van der Waals surface area contributed by atoms with Crippen LogP contribution in [0, 0.1) is 6.92 Å². The lowest BCUT2D eigenvalue weighted by molar-refractivity contribution is -0.113. The van der Waals surface area contributed by atoms with Gasteiger partial charge in [0.1, 0.15) is 5.82 Å². The Morgan fingerprint density at radius 3 is 2.95 bits per heavy atom. The van der Waals surface area contributed by atoms with Gasteiger partial charge in [-0.1, -0.05) is 29.4 Å². The van der Waals surface area contributed by atoms with E-state index in [1.54, 1.807) is 12.1 Å². The van der Waals surface area contributed by atoms with Crippen molar-refractivity contribution in [3.05, 3.63) is 34.6 Å². The van der Waals surface area contributed by atoms with Crippen LogP contribution in [-0.2, 0) is 11.8 Å². The molecule has 22 heavy (non-hydrogen) atoms. The Labute approximate surface area is 138 Å². The zero-order chi connectivity index (χ0) is 15.7. The smallest absolute Gasteiger partial charge is 0.234 e. The molecule has 0 unspecified atom stereocenters. The number of carbonyl (C=O) groups excluding carboxylic acids is 1. The number of thioether (sulfide) groups is 1. The van der Waals surface area contributed by atoms with E-state index >= 15 is 0 Å². The lowest BCUT2D eigenvalue weighted by Gasteiger charge is -2.08. The van der Waals surface area contributed by atoms with Crippen LogP contribution in [0.5, 0.6) is 0 Å². The van der Waals surface area contributed by atoms with Crippen LogP contribution in [0.15, 0.2) is 23.4 Å². The number of amides is 1. The number of anilines is 1. The number of nitrogens with zero attached hydrogens (tertiary/aromatic N) is 3. The van der Waals surface area contributed by atoms with E-state index in [-0.39, 0.29) is 5.91 Å². The van der Waals surface area contributed by atoms with Gasteiger partial charge < -0.3 is 9.88 Å². The molecule has 0 aliphatic heterocycles. The SMILES string of the molecule is Cc1ccc(Cl)cc1NC(=O)CSc1nnc(C2CC2)n1C. The second-order valence-electron chi connectivity index (χ2n) is 5.47. The molecule has 0 saturated heterocycles. The highest BCUT2D eigenvalue weighted by atomic mass is 35.5. The first-order chi connectivity index (χ1) is 10.5. The Bertz CT molecular complexity index is 712. The van der Waals surface area contributed by atoms with Crippen molar-refractivity contribution >= 4 is 35.0 Å². The topological polar surface area (TPSA) is 59.8 Å². The molecule has 1 saturated carbocycles. The monoisotopic (exact) mass is 336 g/mol. The molecule has 1 N–H and O–H groups in total. The third-order valence-corrected chi connectivity index (χ3v) is 4.87. The molecule has 0 radical (unpaired) electrons. The van der Waals surface area contributed by atoms with Gasteiger partial charge in [-0.2, -0.15) is 0 Å².